The molecule has 0 aliphatic carbocycles. The first-order valence-electron chi connectivity index (χ1n) is 6.15. The Hall–Kier alpha value is -1.72. The largest absolute Gasteiger partial charge is 0.378 e. The zero-order chi connectivity index (χ0) is 13.8. The molecule has 100 valence electrons. The molecule has 0 aliphatic rings. The van der Waals surface area contributed by atoms with Crippen LogP contribution < -0.4 is 5.32 Å². The average molecular weight is 346 g/mol. The molecule has 0 saturated heterocycles. The van der Waals surface area contributed by atoms with Gasteiger partial charge >= 0.3 is 0 Å². The molecule has 0 bridgehead atoms. The van der Waals surface area contributed by atoms with Crippen LogP contribution in [0.25, 0.3) is 10.6 Å². The first-order valence-corrected chi connectivity index (χ1v) is 7.83. The van der Waals surface area contributed by atoms with Crippen molar-refractivity contribution in [1.29, 1.82) is 0 Å². The Morgan fingerprint density at radius 3 is 2.80 bits per heavy atom. The normalized spacial score (nSPS) is 10.4. The van der Waals surface area contributed by atoms with Gasteiger partial charge in [0.1, 0.15) is 5.01 Å². The third-order valence-electron chi connectivity index (χ3n) is 2.75. The number of aromatic nitrogens is 2. The van der Waals surface area contributed by atoms with Gasteiger partial charge < -0.3 is 5.32 Å². The van der Waals surface area contributed by atoms with Gasteiger partial charge in [0.25, 0.3) is 0 Å². The summed E-state index contributed by atoms with van der Waals surface area (Å²) in [6.07, 6.45) is 3.57. The summed E-state index contributed by atoms with van der Waals surface area (Å²) in [5, 5.41) is 6.45. The minimum atomic E-state index is 0.696. The van der Waals surface area contributed by atoms with Crippen molar-refractivity contribution in [3.8, 4) is 10.6 Å². The molecule has 2 heterocycles. The van der Waals surface area contributed by atoms with E-state index in [1.807, 2.05) is 24.3 Å². The maximum Gasteiger partial charge on any atom is 0.123 e. The van der Waals surface area contributed by atoms with Crippen LogP contribution in [0, 0.1) is 0 Å². The minimum Gasteiger partial charge on any atom is -0.378 e. The fourth-order valence-corrected chi connectivity index (χ4v) is 2.99. The lowest BCUT2D eigenvalue weighted by atomic mass is 10.2. The van der Waals surface area contributed by atoms with Gasteiger partial charge in [-0.2, -0.15) is 0 Å². The first-order chi connectivity index (χ1) is 9.81. The summed E-state index contributed by atoms with van der Waals surface area (Å²) in [6, 6.07) is 12.2. The van der Waals surface area contributed by atoms with Crippen molar-refractivity contribution < 1.29 is 0 Å². The molecule has 0 aliphatic heterocycles. The number of hydrogen-bond donors (Lipinski definition) is 1. The van der Waals surface area contributed by atoms with Crippen LogP contribution in [-0.4, -0.2) is 9.97 Å². The summed E-state index contributed by atoms with van der Waals surface area (Å²) in [5.74, 6) is 0. The monoisotopic (exact) mass is 345 g/mol. The molecule has 3 rings (SSSR count). The Labute approximate surface area is 129 Å². The number of nitrogens with one attached hydrogen (secondary N) is 1. The highest BCUT2D eigenvalue weighted by atomic mass is 79.9. The molecule has 5 heteroatoms. The van der Waals surface area contributed by atoms with Crippen molar-refractivity contribution in [2.24, 2.45) is 0 Å². The third-order valence-corrected chi connectivity index (χ3v) is 4.12. The van der Waals surface area contributed by atoms with Crippen LogP contribution in [0.5, 0.6) is 0 Å². The van der Waals surface area contributed by atoms with E-state index in [1.165, 1.54) is 0 Å². The van der Waals surface area contributed by atoms with Crippen LogP contribution in [0.1, 0.15) is 5.69 Å². The molecule has 0 radical (unpaired) electrons. The van der Waals surface area contributed by atoms with E-state index in [0.717, 1.165) is 26.4 Å². The van der Waals surface area contributed by atoms with Gasteiger partial charge in [0.15, 0.2) is 0 Å². The second-order valence-corrected chi connectivity index (χ2v) is 6.03. The highest BCUT2D eigenvalue weighted by Gasteiger charge is 2.04. The van der Waals surface area contributed by atoms with Gasteiger partial charge in [-0.1, -0.05) is 30.3 Å². The summed E-state index contributed by atoms with van der Waals surface area (Å²) in [7, 11) is 0. The Morgan fingerprint density at radius 1 is 1.15 bits per heavy atom. The van der Waals surface area contributed by atoms with Gasteiger partial charge in [-0.3, -0.25) is 4.98 Å². The number of hydrogen-bond acceptors (Lipinski definition) is 4. The van der Waals surface area contributed by atoms with Gasteiger partial charge in [-0.25, -0.2) is 4.98 Å². The van der Waals surface area contributed by atoms with E-state index in [9.17, 15) is 0 Å². The van der Waals surface area contributed by atoms with Crippen molar-refractivity contribution >= 4 is 33.0 Å². The second-order valence-electron chi connectivity index (χ2n) is 4.26. The average Bonchev–Trinajstić information content (AvgIpc) is 2.95. The summed E-state index contributed by atoms with van der Waals surface area (Å²) < 4.78 is 0.964. The van der Waals surface area contributed by atoms with Crippen LogP contribution in [-0.2, 0) is 6.54 Å². The molecular formula is C15H12BrN3S. The Balaban J connectivity index is 1.69. The van der Waals surface area contributed by atoms with E-state index in [2.05, 4.69) is 48.7 Å². The molecule has 0 atom stereocenters. The highest BCUT2D eigenvalue weighted by Crippen LogP contribution is 2.23. The summed E-state index contributed by atoms with van der Waals surface area (Å²) in [4.78, 5) is 8.76. The van der Waals surface area contributed by atoms with Gasteiger partial charge in [-0.05, 0) is 22.0 Å². The Morgan fingerprint density at radius 2 is 2.00 bits per heavy atom. The summed E-state index contributed by atoms with van der Waals surface area (Å²) >= 11 is 5.07. The highest BCUT2D eigenvalue weighted by molar-refractivity contribution is 9.10. The fraction of sp³-hybridized carbons (Fsp3) is 0.0667. The number of nitrogens with zero attached hydrogens (tertiary/aromatic N) is 2. The number of halogens is 1. The lowest BCUT2D eigenvalue weighted by Gasteiger charge is -2.03. The van der Waals surface area contributed by atoms with Crippen LogP contribution in [0.4, 0.5) is 5.69 Å². The zero-order valence-electron chi connectivity index (χ0n) is 10.6. The molecule has 2 aromatic heterocycles. The SMILES string of the molecule is Brc1cncc(NCc2csc(-c3ccccc3)n2)c1. The Bertz CT molecular complexity index is 697. The van der Waals surface area contributed by atoms with Gasteiger partial charge in [0.2, 0.25) is 0 Å². The van der Waals surface area contributed by atoms with Gasteiger partial charge in [0, 0.05) is 21.6 Å². The van der Waals surface area contributed by atoms with E-state index in [4.69, 9.17) is 0 Å². The standard InChI is InChI=1S/C15H12BrN3S/c16-12-6-13(8-17-7-12)18-9-14-10-20-15(19-14)11-4-2-1-3-5-11/h1-8,10,18H,9H2. The molecular weight excluding hydrogens is 334 g/mol. The molecule has 20 heavy (non-hydrogen) atoms. The number of anilines is 1. The molecule has 1 aromatic carbocycles. The molecule has 3 aromatic rings. The lowest BCUT2D eigenvalue weighted by Crippen LogP contribution is -2.00. The molecule has 0 spiro atoms. The van der Waals surface area contributed by atoms with E-state index >= 15 is 0 Å². The van der Waals surface area contributed by atoms with Gasteiger partial charge in [-0.15, -0.1) is 11.3 Å². The van der Waals surface area contributed by atoms with Crippen LogP contribution >= 0.6 is 27.3 Å². The molecule has 0 saturated carbocycles. The van der Waals surface area contributed by atoms with Gasteiger partial charge in [0.05, 0.1) is 24.1 Å². The van der Waals surface area contributed by atoms with E-state index in [0.29, 0.717) is 6.54 Å². The number of thiazole rings is 1. The topological polar surface area (TPSA) is 37.8 Å². The van der Waals surface area contributed by atoms with Crippen molar-refractivity contribution in [3.05, 3.63) is 64.3 Å². The number of rotatable bonds is 4. The maximum atomic E-state index is 4.64. The van der Waals surface area contributed by atoms with E-state index in [-0.39, 0.29) is 0 Å². The van der Waals surface area contributed by atoms with Crippen molar-refractivity contribution in [3.63, 3.8) is 0 Å². The minimum absolute atomic E-state index is 0.696. The second kappa shape index (κ2) is 6.15. The quantitative estimate of drug-likeness (QED) is 0.751. The molecule has 3 nitrogen and oxygen atoms in total. The van der Waals surface area contributed by atoms with Crippen LogP contribution in [0.3, 0.4) is 0 Å². The predicted molar refractivity (Wildman–Crippen MR) is 86.8 cm³/mol. The maximum absolute atomic E-state index is 4.64. The number of benzene rings is 1. The summed E-state index contributed by atoms with van der Waals surface area (Å²) in [5.41, 5.74) is 3.18. The zero-order valence-corrected chi connectivity index (χ0v) is 13.0. The molecule has 0 unspecified atom stereocenters. The van der Waals surface area contributed by atoms with Crippen LogP contribution in [0.2, 0.25) is 0 Å². The summed E-state index contributed by atoms with van der Waals surface area (Å²) in [6.45, 7) is 0.696. The van der Waals surface area contributed by atoms with E-state index < -0.39 is 0 Å². The number of pyridine rings is 1. The van der Waals surface area contributed by atoms with Crippen molar-refractivity contribution in [2.45, 2.75) is 6.54 Å². The molecule has 0 amide bonds. The first kappa shape index (κ1) is 13.3. The van der Waals surface area contributed by atoms with E-state index in [1.54, 1.807) is 23.7 Å². The molecule has 1 N–H and O–H groups in total. The molecule has 0 fully saturated rings. The lowest BCUT2D eigenvalue weighted by molar-refractivity contribution is 1.07. The van der Waals surface area contributed by atoms with Crippen molar-refractivity contribution in [1.82, 2.24) is 9.97 Å². The fourth-order valence-electron chi connectivity index (χ4n) is 1.80. The van der Waals surface area contributed by atoms with Crippen molar-refractivity contribution in [2.75, 3.05) is 5.32 Å². The Kier molecular flexibility index (Phi) is 4.08. The predicted octanol–water partition coefficient (Wildman–Crippen LogP) is 4.58. The third kappa shape index (κ3) is 3.23. The van der Waals surface area contributed by atoms with Crippen LogP contribution in [0.15, 0.2) is 58.6 Å². The smallest absolute Gasteiger partial charge is 0.123 e.